The number of rotatable bonds is 2. The van der Waals surface area contributed by atoms with Gasteiger partial charge in [-0.1, -0.05) is 11.6 Å². The van der Waals surface area contributed by atoms with E-state index < -0.39 is 0 Å². The quantitative estimate of drug-likeness (QED) is 0.562. The molecule has 0 saturated heterocycles. The van der Waals surface area contributed by atoms with Gasteiger partial charge in [0.1, 0.15) is 5.82 Å². The van der Waals surface area contributed by atoms with Crippen LogP contribution in [0, 0.1) is 0 Å². The molecular weight excluding hydrogens is 200 g/mol. The lowest BCUT2D eigenvalue weighted by atomic mass is 10.1. The minimum absolute atomic E-state index is 0.0902. The zero-order chi connectivity index (χ0) is 11.5. The summed E-state index contributed by atoms with van der Waals surface area (Å²) >= 11 is 0. The predicted octanol–water partition coefficient (Wildman–Crippen LogP) is 2.44. The third-order valence-electron chi connectivity index (χ3n) is 2.91. The molecule has 2 heterocycles. The van der Waals surface area contributed by atoms with E-state index in [1.54, 1.807) is 19.2 Å². The summed E-state index contributed by atoms with van der Waals surface area (Å²) in [7, 11) is 0. The third kappa shape index (κ3) is 2.30. The molecule has 84 valence electrons. The van der Waals surface area contributed by atoms with Crippen molar-refractivity contribution >= 4 is 11.6 Å². The molecule has 0 aromatic carbocycles. The predicted molar refractivity (Wildman–Crippen MR) is 64.8 cm³/mol. The van der Waals surface area contributed by atoms with Gasteiger partial charge in [-0.05, 0) is 32.4 Å². The lowest BCUT2D eigenvalue weighted by Crippen LogP contribution is -2.29. The van der Waals surface area contributed by atoms with Crippen LogP contribution in [0.15, 0.2) is 30.0 Å². The molecule has 16 heavy (non-hydrogen) atoms. The van der Waals surface area contributed by atoms with Crippen LogP contribution in [0.3, 0.4) is 0 Å². The number of hydrogen-bond acceptors (Lipinski definition) is 3. The number of ketones is 1. The summed E-state index contributed by atoms with van der Waals surface area (Å²) in [5, 5.41) is 0. The Kier molecular flexibility index (Phi) is 3.04. The summed E-state index contributed by atoms with van der Waals surface area (Å²) in [4.78, 5) is 17.8. The summed E-state index contributed by atoms with van der Waals surface area (Å²) in [6, 6.07) is 3.63. The van der Waals surface area contributed by atoms with E-state index in [9.17, 15) is 4.79 Å². The molecule has 3 nitrogen and oxygen atoms in total. The average Bonchev–Trinajstić information content (AvgIpc) is 2.30. The van der Waals surface area contributed by atoms with Crippen LogP contribution in [-0.4, -0.2) is 23.9 Å². The van der Waals surface area contributed by atoms with Crippen molar-refractivity contribution in [2.75, 3.05) is 18.0 Å². The highest BCUT2D eigenvalue weighted by atomic mass is 16.1. The Balaban J connectivity index is 2.21. The van der Waals surface area contributed by atoms with Gasteiger partial charge in [0.2, 0.25) is 0 Å². The fourth-order valence-electron chi connectivity index (χ4n) is 1.79. The molecule has 0 bridgehead atoms. The second-order valence-electron chi connectivity index (χ2n) is 4.21. The van der Waals surface area contributed by atoms with Crippen LogP contribution in [0.4, 0.5) is 5.82 Å². The van der Waals surface area contributed by atoms with Crippen LogP contribution in [0.1, 0.15) is 30.6 Å². The molecule has 0 unspecified atom stereocenters. The standard InChI is InChI=1S/C13H16N2O/c1-10-4-7-15(8-5-10)13-9-12(11(2)16)3-6-14-13/h3-4,6,9H,5,7-8H2,1-2H3. The molecule has 0 aliphatic carbocycles. The number of carbonyl (C=O) groups is 1. The Bertz CT molecular complexity index is 437. The molecule has 0 fully saturated rings. The number of anilines is 1. The van der Waals surface area contributed by atoms with E-state index >= 15 is 0 Å². The van der Waals surface area contributed by atoms with Gasteiger partial charge in [-0.2, -0.15) is 0 Å². The maximum atomic E-state index is 11.3. The van der Waals surface area contributed by atoms with Crippen LogP contribution in [0.25, 0.3) is 0 Å². The lowest BCUT2D eigenvalue weighted by Gasteiger charge is -2.26. The van der Waals surface area contributed by atoms with Crippen molar-refractivity contribution in [3.8, 4) is 0 Å². The van der Waals surface area contributed by atoms with Gasteiger partial charge < -0.3 is 4.90 Å². The molecule has 0 atom stereocenters. The number of carbonyl (C=O) groups excluding carboxylic acids is 1. The van der Waals surface area contributed by atoms with Crippen LogP contribution in [0.5, 0.6) is 0 Å². The van der Waals surface area contributed by atoms with E-state index in [0.29, 0.717) is 0 Å². The summed E-state index contributed by atoms with van der Waals surface area (Å²) in [6.07, 6.45) is 4.99. The van der Waals surface area contributed by atoms with E-state index in [2.05, 4.69) is 22.9 Å². The molecule has 3 heteroatoms. The van der Waals surface area contributed by atoms with Crippen molar-refractivity contribution in [3.05, 3.63) is 35.5 Å². The maximum absolute atomic E-state index is 11.3. The van der Waals surface area contributed by atoms with Crippen molar-refractivity contribution < 1.29 is 4.79 Å². The highest BCUT2D eigenvalue weighted by Crippen LogP contribution is 2.18. The first-order valence-corrected chi connectivity index (χ1v) is 5.54. The number of aromatic nitrogens is 1. The topological polar surface area (TPSA) is 33.2 Å². The van der Waals surface area contributed by atoms with Crippen LogP contribution in [-0.2, 0) is 0 Å². The molecule has 0 radical (unpaired) electrons. The summed E-state index contributed by atoms with van der Waals surface area (Å²) in [6.45, 7) is 5.60. The first-order valence-electron chi connectivity index (χ1n) is 5.54. The first-order chi connectivity index (χ1) is 7.66. The average molecular weight is 216 g/mol. The van der Waals surface area contributed by atoms with Gasteiger partial charge in [0, 0.05) is 24.8 Å². The molecule has 1 aromatic heterocycles. The van der Waals surface area contributed by atoms with Crippen LogP contribution >= 0.6 is 0 Å². The Hall–Kier alpha value is -1.64. The highest BCUT2D eigenvalue weighted by molar-refractivity contribution is 5.94. The maximum Gasteiger partial charge on any atom is 0.159 e. The molecule has 2 rings (SSSR count). The largest absolute Gasteiger partial charge is 0.353 e. The zero-order valence-electron chi connectivity index (χ0n) is 9.73. The second-order valence-corrected chi connectivity index (χ2v) is 4.21. The minimum Gasteiger partial charge on any atom is -0.353 e. The fraction of sp³-hybridized carbons (Fsp3) is 0.385. The van der Waals surface area contributed by atoms with Crippen molar-refractivity contribution in [1.29, 1.82) is 0 Å². The number of pyridine rings is 1. The number of Topliss-reactive ketones (excluding diaryl/α,β-unsaturated/α-hetero) is 1. The summed E-state index contributed by atoms with van der Waals surface area (Å²) in [5.41, 5.74) is 2.16. The van der Waals surface area contributed by atoms with Gasteiger partial charge in [0.15, 0.2) is 5.78 Å². The Morgan fingerprint density at radius 3 is 2.94 bits per heavy atom. The van der Waals surface area contributed by atoms with E-state index in [4.69, 9.17) is 0 Å². The van der Waals surface area contributed by atoms with Crippen molar-refractivity contribution in [3.63, 3.8) is 0 Å². The normalized spacial score (nSPS) is 15.9. The molecule has 0 saturated carbocycles. The highest BCUT2D eigenvalue weighted by Gasteiger charge is 2.12. The van der Waals surface area contributed by atoms with Gasteiger partial charge in [-0.15, -0.1) is 0 Å². The molecule has 0 spiro atoms. The minimum atomic E-state index is 0.0902. The van der Waals surface area contributed by atoms with Crippen LogP contribution in [0.2, 0.25) is 0 Å². The smallest absolute Gasteiger partial charge is 0.159 e. The van der Waals surface area contributed by atoms with E-state index in [0.717, 1.165) is 30.9 Å². The molecule has 0 N–H and O–H groups in total. The fourth-order valence-corrected chi connectivity index (χ4v) is 1.79. The van der Waals surface area contributed by atoms with Crippen molar-refractivity contribution in [2.45, 2.75) is 20.3 Å². The summed E-state index contributed by atoms with van der Waals surface area (Å²) in [5.74, 6) is 0.990. The number of hydrogen-bond donors (Lipinski definition) is 0. The third-order valence-corrected chi connectivity index (χ3v) is 2.91. The molecule has 1 aliphatic heterocycles. The second kappa shape index (κ2) is 4.47. The molecule has 0 amide bonds. The first kappa shape index (κ1) is 10.9. The van der Waals surface area contributed by atoms with Gasteiger partial charge in [-0.25, -0.2) is 4.98 Å². The van der Waals surface area contributed by atoms with Gasteiger partial charge in [0.05, 0.1) is 0 Å². The van der Waals surface area contributed by atoms with E-state index in [-0.39, 0.29) is 5.78 Å². The van der Waals surface area contributed by atoms with Gasteiger partial charge in [0.25, 0.3) is 0 Å². The molecule has 1 aliphatic rings. The molecule has 1 aromatic rings. The van der Waals surface area contributed by atoms with Gasteiger partial charge in [-0.3, -0.25) is 4.79 Å². The van der Waals surface area contributed by atoms with Crippen LogP contribution < -0.4 is 4.90 Å². The Labute approximate surface area is 95.8 Å². The Morgan fingerprint density at radius 1 is 1.50 bits per heavy atom. The molecular formula is C13H16N2O. The van der Waals surface area contributed by atoms with Crippen molar-refractivity contribution in [2.24, 2.45) is 0 Å². The zero-order valence-corrected chi connectivity index (χ0v) is 9.73. The van der Waals surface area contributed by atoms with Gasteiger partial charge >= 0.3 is 0 Å². The summed E-state index contributed by atoms with van der Waals surface area (Å²) < 4.78 is 0. The SMILES string of the molecule is CC(=O)c1ccnc(N2CC=C(C)CC2)c1. The lowest BCUT2D eigenvalue weighted by molar-refractivity contribution is 0.101. The number of nitrogens with zero attached hydrogens (tertiary/aromatic N) is 2. The van der Waals surface area contributed by atoms with E-state index in [1.165, 1.54) is 5.57 Å². The van der Waals surface area contributed by atoms with E-state index in [1.807, 2.05) is 6.07 Å². The van der Waals surface area contributed by atoms with Crippen molar-refractivity contribution in [1.82, 2.24) is 4.98 Å². The Morgan fingerprint density at radius 2 is 2.31 bits per heavy atom. The monoisotopic (exact) mass is 216 g/mol.